The molecule has 0 aromatic carbocycles. The second-order valence-electron chi connectivity index (χ2n) is 6.64. The predicted molar refractivity (Wildman–Crippen MR) is 84.6 cm³/mol. The van der Waals surface area contributed by atoms with Gasteiger partial charge in [-0.25, -0.2) is 0 Å². The molecule has 1 aromatic heterocycles. The van der Waals surface area contributed by atoms with Gasteiger partial charge in [0, 0.05) is 24.8 Å². The van der Waals surface area contributed by atoms with Gasteiger partial charge in [-0.15, -0.1) is 6.42 Å². The molecule has 1 aromatic rings. The van der Waals surface area contributed by atoms with Crippen molar-refractivity contribution in [1.29, 1.82) is 0 Å². The van der Waals surface area contributed by atoms with Crippen molar-refractivity contribution in [2.24, 2.45) is 5.92 Å². The Morgan fingerprint density at radius 3 is 2.80 bits per heavy atom. The fraction of sp³-hybridized carbons (Fsp3) is 0.588. The molecule has 0 saturated heterocycles. The second-order valence-corrected chi connectivity index (χ2v) is 6.64. The van der Waals surface area contributed by atoms with Crippen LogP contribution in [0.25, 0.3) is 0 Å². The Morgan fingerprint density at radius 1 is 1.45 bits per heavy atom. The molecular formula is C17H25N3. The van der Waals surface area contributed by atoms with Crippen molar-refractivity contribution in [3.05, 3.63) is 24.0 Å². The van der Waals surface area contributed by atoms with E-state index in [-0.39, 0.29) is 5.54 Å². The molecule has 3 heteroatoms. The molecule has 3 nitrogen and oxygen atoms in total. The van der Waals surface area contributed by atoms with E-state index in [9.17, 15) is 0 Å². The Bertz CT molecular complexity index is 478. The van der Waals surface area contributed by atoms with E-state index < -0.39 is 0 Å². The normalized spacial score (nSPS) is 14.9. The van der Waals surface area contributed by atoms with Crippen molar-refractivity contribution in [2.45, 2.75) is 45.7 Å². The average molecular weight is 271 g/mol. The molecule has 1 saturated carbocycles. The third-order valence-electron chi connectivity index (χ3n) is 3.50. The number of pyridine rings is 1. The summed E-state index contributed by atoms with van der Waals surface area (Å²) in [6.07, 6.45) is 12.0. The monoisotopic (exact) mass is 271 g/mol. The van der Waals surface area contributed by atoms with E-state index in [4.69, 9.17) is 6.42 Å². The summed E-state index contributed by atoms with van der Waals surface area (Å²) in [5.74, 6) is 3.59. The number of aromatic nitrogens is 1. The number of anilines is 1. The molecule has 0 atom stereocenters. The van der Waals surface area contributed by atoms with E-state index in [0.717, 1.165) is 19.0 Å². The first-order valence-corrected chi connectivity index (χ1v) is 7.36. The van der Waals surface area contributed by atoms with E-state index in [1.54, 1.807) is 0 Å². The van der Waals surface area contributed by atoms with Crippen LogP contribution in [0.1, 0.15) is 39.2 Å². The predicted octanol–water partition coefficient (Wildman–Crippen LogP) is 2.82. The standard InChI is InChI=1S/C17H25N3/c1-5-10-20(13-14-6-7-14)16-12-18-9-8-15(16)11-19-17(2,3)4/h1,8-9,12,14,19H,6-7,10-11,13H2,2-4H3. The molecule has 0 bridgehead atoms. The number of hydrogen-bond donors (Lipinski definition) is 1. The lowest BCUT2D eigenvalue weighted by atomic mass is 10.1. The zero-order valence-electron chi connectivity index (χ0n) is 12.8. The first kappa shape index (κ1) is 14.9. The smallest absolute Gasteiger partial charge is 0.0792 e. The Balaban J connectivity index is 2.13. The van der Waals surface area contributed by atoms with Crippen LogP contribution in [0.15, 0.2) is 18.5 Å². The molecule has 0 radical (unpaired) electrons. The van der Waals surface area contributed by atoms with Crippen LogP contribution < -0.4 is 10.2 Å². The van der Waals surface area contributed by atoms with Gasteiger partial charge in [-0.1, -0.05) is 5.92 Å². The van der Waals surface area contributed by atoms with Gasteiger partial charge in [0.05, 0.1) is 18.4 Å². The van der Waals surface area contributed by atoms with Gasteiger partial charge >= 0.3 is 0 Å². The molecule has 1 N–H and O–H groups in total. The highest BCUT2D eigenvalue weighted by molar-refractivity contribution is 5.52. The van der Waals surface area contributed by atoms with Crippen LogP contribution in [-0.2, 0) is 6.54 Å². The van der Waals surface area contributed by atoms with Crippen LogP contribution in [0.2, 0.25) is 0 Å². The summed E-state index contributed by atoms with van der Waals surface area (Å²) in [6.45, 7) is 9.09. The summed E-state index contributed by atoms with van der Waals surface area (Å²) in [5, 5.41) is 3.54. The van der Waals surface area contributed by atoms with Gasteiger partial charge in [-0.05, 0) is 51.2 Å². The maximum Gasteiger partial charge on any atom is 0.0792 e. The number of rotatable bonds is 6. The molecule has 20 heavy (non-hydrogen) atoms. The molecule has 2 rings (SSSR count). The second kappa shape index (κ2) is 6.28. The lowest BCUT2D eigenvalue weighted by Gasteiger charge is -2.27. The van der Waals surface area contributed by atoms with Crippen LogP contribution in [0, 0.1) is 18.3 Å². The average Bonchev–Trinajstić information content (AvgIpc) is 3.19. The first-order valence-electron chi connectivity index (χ1n) is 7.36. The van der Waals surface area contributed by atoms with Crippen molar-refractivity contribution in [1.82, 2.24) is 10.3 Å². The van der Waals surface area contributed by atoms with Crippen LogP contribution in [-0.4, -0.2) is 23.6 Å². The third-order valence-corrected chi connectivity index (χ3v) is 3.50. The Hall–Kier alpha value is -1.53. The van der Waals surface area contributed by atoms with Gasteiger partial charge in [-0.2, -0.15) is 0 Å². The minimum absolute atomic E-state index is 0.105. The number of nitrogens with one attached hydrogen (secondary N) is 1. The number of terminal acetylenes is 1. The Labute approximate surface area is 122 Å². The van der Waals surface area contributed by atoms with Crippen molar-refractivity contribution in [2.75, 3.05) is 18.0 Å². The zero-order chi connectivity index (χ0) is 14.6. The van der Waals surface area contributed by atoms with Crippen LogP contribution in [0.3, 0.4) is 0 Å². The van der Waals surface area contributed by atoms with Crippen molar-refractivity contribution >= 4 is 5.69 Å². The highest BCUT2D eigenvalue weighted by Gasteiger charge is 2.25. The number of nitrogens with zero attached hydrogens (tertiary/aromatic N) is 2. The lowest BCUT2D eigenvalue weighted by Crippen LogP contribution is -2.36. The zero-order valence-corrected chi connectivity index (χ0v) is 12.8. The molecule has 0 spiro atoms. The topological polar surface area (TPSA) is 28.2 Å². The molecule has 1 aliphatic carbocycles. The first-order chi connectivity index (χ1) is 9.49. The van der Waals surface area contributed by atoms with Crippen LogP contribution >= 0.6 is 0 Å². The molecule has 0 unspecified atom stereocenters. The van der Waals surface area contributed by atoms with Gasteiger partial charge in [-0.3, -0.25) is 4.98 Å². The summed E-state index contributed by atoms with van der Waals surface area (Å²) >= 11 is 0. The van der Waals surface area contributed by atoms with Crippen molar-refractivity contribution in [3.8, 4) is 12.3 Å². The summed E-state index contributed by atoms with van der Waals surface area (Å²) in [6, 6.07) is 2.09. The summed E-state index contributed by atoms with van der Waals surface area (Å²) in [5.41, 5.74) is 2.55. The minimum Gasteiger partial charge on any atom is -0.359 e. The minimum atomic E-state index is 0.105. The van der Waals surface area contributed by atoms with Gasteiger partial charge in [0.1, 0.15) is 0 Å². The molecule has 1 heterocycles. The number of hydrogen-bond acceptors (Lipinski definition) is 3. The Morgan fingerprint density at radius 2 is 2.20 bits per heavy atom. The SMILES string of the molecule is C#CCN(CC1CC1)c1cnccc1CNC(C)(C)C. The maximum absolute atomic E-state index is 5.53. The summed E-state index contributed by atoms with van der Waals surface area (Å²) < 4.78 is 0. The molecular weight excluding hydrogens is 246 g/mol. The largest absolute Gasteiger partial charge is 0.359 e. The van der Waals surface area contributed by atoms with E-state index in [0.29, 0.717) is 6.54 Å². The lowest BCUT2D eigenvalue weighted by molar-refractivity contribution is 0.424. The van der Waals surface area contributed by atoms with E-state index >= 15 is 0 Å². The van der Waals surface area contributed by atoms with E-state index in [1.807, 2.05) is 12.4 Å². The van der Waals surface area contributed by atoms with Gasteiger partial charge in [0.15, 0.2) is 0 Å². The van der Waals surface area contributed by atoms with E-state index in [1.165, 1.54) is 24.1 Å². The summed E-state index contributed by atoms with van der Waals surface area (Å²) in [4.78, 5) is 6.58. The molecule has 108 valence electrons. The van der Waals surface area contributed by atoms with E-state index in [2.05, 4.69) is 48.0 Å². The molecule has 0 amide bonds. The van der Waals surface area contributed by atoms with Crippen molar-refractivity contribution < 1.29 is 0 Å². The maximum atomic E-state index is 5.53. The fourth-order valence-electron chi connectivity index (χ4n) is 2.18. The van der Waals surface area contributed by atoms with Crippen molar-refractivity contribution in [3.63, 3.8) is 0 Å². The highest BCUT2D eigenvalue weighted by Crippen LogP contribution is 2.32. The van der Waals surface area contributed by atoms with Gasteiger partial charge in [0.2, 0.25) is 0 Å². The molecule has 0 aliphatic heterocycles. The van der Waals surface area contributed by atoms with Crippen LogP contribution in [0.5, 0.6) is 0 Å². The Kier molecular flexibility index (Phi) is 4.67. The summed E-state index contributed by atoms with van der Waals surface area (Å²) in [7, 11) is 0. The third kappa shape index (κ3) is 4.54. The van der Waals surface area contributed by atoms with Gasteiger partial charge < -0.3 is 10.2 Å². The highest BCUT2D eigenvalue weighted by atomic mass is 15.1. The molecule has 1 aliphatic rings. The van der Waals surface area contributed by atoms with Crippen LogP contribution in [0.4, 0.5) is 5.69 Å². The quantitative estimate of drug-likeness (QED) is 0.806. The fourth-order valence-corrected chi connectivity index (χ4v) is 2.18. The van der Waals surface area contributed by atoms with Gasteiger partial charge in [0.25, 0.3) is 0 Å². The molecule has 1 fully saturated rings.